The predicted octanol–water partition coefficient (Wildman–Crippen LogP) is 3.90. The number of halogens is 1. The van der Waals surface area contributed by atoms with Crippen molar-refractivity contribution in [1.82, 2.24) is 0 Å². The van der Waals surface area contributed by atoms with Gasteiger partial charge in [-0.3, -0.25) is 0 Å². The van der Waals surface area contributed by atoms with Crippen LogP contribution < -0.4 is 14.2 Å². The maximum atomic E-state index is 5.54. The average molecular weight is 380 g/mol. The fraction of sp³-hybridized carbons (Fsp3) is 0.235. The minimum absolute atomic E-state index is 0.357. The fourth-order valence-corrected chi connectivity index (χ4v) is 2.22. The van der Waals surface area contributed by atoms with E-state index >= 15 is 0 Å². The summed E-state index contributed by atoms with van der Waals surface area (Å²) >= 11 is 3.39. The molecule has 0 radical (unpaired) electrons. The van der Waals surface area contributed by atoms with Gasteiger partial charge in [-0.2, -0.15) is 0 Å². The molecule has 2 aromatic rings. The van der Waals surface area contributed by atoms with Gasteiger partial charge in [-0.25, -0.2) is 0 Å². The van der Waals surface area contributed by atoms with E-state index in [0.29, 0.717) is 24.7 Å². The zero-order chi connectivity index (χ0) is 16.5. The molecule has 2 rings (SSSR count). The Balaban J connectivity index is 1.76. The van der Waals surface area contributed by atoms with Crippen LogP contribution in [0.3, 0.4) is 0 Å². The average Bonchev–Trinajstić information content (AvgIpc) is 2.57. The molecule has 0 atom stereocenters. The largest absolute Gasteiger partial charge is 0.493 e. The van der Waals surface area contributed by atoms with Crippen LogP contribution in [0.1, 0.15) is 5.56 Å². The molecule has 0 N–H and O–H groups in total. The van der Waals surface area contributed by atoms with Crippen molar-refractivity contribution in [2.45, 2.75) is 0 Å². The molecule has 23 heavy (non-hydrogen) atoms. The highest BCUT2D eigenvalue weighted by Crippen LogP contribution is 2.26. The van der Waals surface area contributed by atoms with Crippen LogP contribution in [0, 0.1) is 0 Å². The zero-order valence-corrected chi connectivity index (χ0v) is 14.6. The maximum Gasteiger partial charge on any atom is 0.161 e. The third-order valence-electron chi connectivity index (χ3n) is 2.92. The molecule has 0 heterocycles. The molecule has 0 bridgehead atoms. The van der Waals surface area contributed by atoms with Crippen LogP contribution >= 0.6 is 15.9 Å². The quantitative estimate of drug-likeness (QED) is 0.396. The van der Waals surface area contributed by atoms with Gasteiger partial charge in [0.15, 0.2) is 18.1 Å². The van der Waals surface area contributed by atoms with Crippen molar-refractivity contribution >= 4 is 22.1 Å². The Morgan fingerprint density at radius 1 is 1.00 bits per heavy atom. The fourth-order valence-electron chi connectivity index (χ4n) is 1.84. The summed E-state index contributed by atoms with van der Waals surface area (Å²) in [4.78, 5) is 5.18. The van der Waals surface area contributed by atoms with E-state index in [1.165, 1.54) is 0 Å². The van der Waals surface area contributed by atoms with Gasteiger partial charge in [-0.15, -0.1) is 0 Å². The molecule has 0 unspecified atom stereocenters. The van der Waals surface area contributed by atoms with Crippen molar-refractivity contribution in [3.05, 3.63) is 52.5 Å². The molecular formula is C17H18BrNO4. The molecule has 122 valence electrons. The van der Waals surface area contributed by atoms with Crippen LogP contribution in [-0.2, 0) is 4.84 Å². The first-order valence-electron chi connectivity index (χ1n) is 6.98. The molecule has 2 aromatic carbocycles. The van der Waals surface area contributed by atoms with Gasteiger partial charge in [-0.05, 0) is 36.4 Å². The lowest BCUT2D eigenvalue weighted by Crippen LogP contribution is -2.04. The van der Waals surface area contributed by atoms with Gasteiger partial charge < -0.3 is 19.0 Å². The Kier molecular flexibility index (Phi) is 6.75. The first-order chi connectivity index (χ1) is 11.2. The van der Waals surface area contributed by atoms with Gasteiger partial charge in [0.05, 0.1) is 20.4 Å². The lowest BCUT2D eigenvalue weighted by atomic mass is 10.2. The smallest absolute Gasteiger partial charge is 0.161 e. The molecule has 0 aliphatic rings. The van der Waals surface area contributed by atoms with E-state index in [4.69, 9.17) is 19.0 Å². The highest BCUT2D eigenvalue weighted by Gasteiger charge is 2.03. The van der Waals surface area contributed by atoms with E-state index in [2.05, 4.69) is 21.1 Å². The van der Waals surface area contributed by atoms with Crippen molar-refractivity contribution < 1.29 is 19.0 Å². The minimum Gasteiger partial charge on any atom is -0.493 e. The molecule has 5 nitrogen and oxygen atoms in total. The highest BCUT2D eigenvalue weighted by molar-refractivity contribution is 9.10. The van der Waals surface area contributed by atoms with Crippen LogP contribution in [0.2, 0.25) is 0 Å². The van der Waals surface area contributed by atoms with Gasteiger partial charge in [0.25, 0.3) is 0 Å². The normalized spacial score (nSPS) is 10.6. The number of hydrogen-bond donors (Lipinski definition) is 0. The third-order valence-corrected chi connectivity index (χ3v) is 3.42. The number of ether oxygens (including phenoxy) is 3. The molecule has 0 aliphatic carbocycles. The van der Waals surface area contributed by atoms with E-state index < -0.39 is 0 Å². The zero-order valence-electron chi connectivity index (χ0n) is 13.0. The molecule has 6 heteroatoms. The number of benzene rings is 2. The Labute approximate surface area is 143 Å². The molecule has 0 fully saturated rings. The summed E-state index contributed by atoms with van der Waals surface area (Å²) in [5.41, 5.74) is 0.857. The van der Waals surface area contributed by atoms with Gasteiger partial charge in [0, 0.05) is 10.0 Å². The van der Waals surface area contributed by atoms with Crippen LogP contribution in [0.15, 0.2) is 52.1 Å². The highest BCUT2D eigenvalue weighted by atomic mass is 79.9. The lowest BCUT2D eigenvalue weighted by molar-refractivity contribution is 0.108. The Bertz CT molecular complexity index is 661. The second-order valence-corrected chi connectivity index (χ2v) is 5.40. The van der Waals surface area contributed by atoms with Crippen molar-refractivity contribution in [1.29, 1.82) is 0 Å². The monoisotopic (exact) mass is 379 g/mol. The summed E-state index contributed by atoms with van der Waals surface area (Å²) in [7, 11) is 3.19. The molecule has 0 spiro atoms. The standard InChI is InChI=1S/C17H18BrNO4/c1-20-16-7-6-13(10-17(16)21-2)12-19-23-9-8-22-15-5-3-4-14(18)11-15/h3-7,10-12H,8-9H2,1-2H3/b19-12-. The van der Waals surface area contributed by atoms with Crippen molar-refractivity contribution in [2.24, 2.45) is 5.16 Å². The van der Waals surface area contributed by atoms with Crippen molar-refractivity contribution in [2.75, 3.05) is 27.4 Å². The first-order valence-corrected chi connectivity index (χ1v) is 7.78. The summed E-state index contributed by atoms with van der Waals surface area (Å²) in [5.74, 6) is 2.11. The van der Waals surface area contributed by atoms with Crippen LogP contribution in [-0.4, -0.2) is 33.6 Å². The molecular weight excluding hydrogens is 362 g/mol. The summed E-state index contributed by atoms with van der Waals surface area (Å²) in [6.07, 6.45) is 1.61. The van der Waals surface area contributed by atoms with E-state index in [1.54, 1.807) is 20.4 Å². The third kappa shape index (κ3) is 5.49. The van der Waals surface area contributed by atoms with Gasteiger partial charge in [0.2, 0.25) is 0 Å². The second kappa shape index (κ2) is 9.05. The van der Waals surface area contributed by atoms with Crippen LogP contribution in [0.25, 0.3) is 0 Å². The van der Waals surface area contributed by atoms with Crippen LogP contribution in [0.4, 0.5) is 0 Å². The topological polar surface area (TPSA) is 49.3 Å². The Morgan fingerprint density at radius 2 is 1.83 bits per heavy atom. The summed E-state index contributed by atoms with van der Waals surface area (Å²) in [6, 6.07) is 13.1. The van der Waals surface area contributed by atoms with E-state index in [-0.39, 0.29) is 0 Å². The first kappa shape index (κ1) is 17.1. The second-order valence-electron chi connectivity index (χ2n) is 4.49. The molecule has 0 aliphatic heterocycles. The van der Waals surface area contributed by atoms with Gasteiger partial charge >= 0.3 is 0 Å². The summed E-state index contributed by atoms with van der Waals surface area (Å²) in [6.45, 7) is 0.774. The van der Waals surface area contributed by atoms with Gasteiger partial charge in [-0.1, -0.05) is 27.2 Å². The lowest BCUT2D eigenvalue weighted by Gasteiger charge is -2.07. The molecule has 0 aromatic heterocycles. The van der Waals surface area contributed by atoms with Crippen molar-refractivity contribution in [3.8, 4) is 17.2 Å². The van der Waals surface area contributed by atoms with Crippen molar-refractivity contribution in [3.63, 3.8) is 0 Å². The number of rotatable bonds is 8. The SMILES string of the molecule is COc1ccc(/C=N\OCCOc2cccc(Br)c2)cc1OC. The van der Waals surface area contributed by atoms with E-state index in [0.717, 1.165) is 15.8 Å². The summed E-state index contributed by atoms with van der Waals surface area (Å²) in [5, 5.41) is 3.91. The Hall–Kier alpha value is -2.21. The number of oxime groups is 1. The van der Waals surface area contributed by atoms with Gasteiger partial charge in [0.1, 0.15) is 12.4 Å². The summed E-state index contributed by atoms with van der Waals surface area (Å²) < 4.78 is 16.9. The number of hydrogen-bond acceptors (Lipinski definition) is 5. The number of nitrogens with zero attached hydrogens (tertiary/aromatic N) is 1. The molecule has 0 saturated carbocycles. The number of methoxy groups -OCH3 is 2. The maximum absolute atomic E-state index is 5.54. The minimum atomic E-state index is 0.357. The predicted molar refractivity (Wildman–Crippen MR) is 92.7 cm³/mol. The molecule has 0 saturated heterocycles. The molecule has 0 amide bonds. The Morgan fingerprint density at radius 3 is 2.57 bits per heavy atom. The van der Waals surface area contributed by atoms with E-state index in [9.17, 15) is 0 Å². The van der Waals surface area contributed by atoms with Crippen LogP contribution in [0.5, 0.6) is 17.2 Å². The van der Waals surface area contributed by atoms with E-state index in [1.807, 2.05) is 42.5 Å².